The molecular weight excluding hydrogens is 174 g/mol. The zero-order valence-corrected chi connectivity index (χ0v) is 8.26. The van der Waals surface area contributed by atoms with E-state index in [2.05, 4.69) is 22.3 Å². The molecule has 0 aliphatic rings. The minimum Gasteiger partial charge on any atom is -0.358 e. The third-order valence-electron chi connectivity index (χ3n) is 1.81. The Hall–Kier alpha value is -2.00. The highest BCUT2D eigenvalue weighted by atomic mass is 15.0. The normalized spacial score (nSPS) is 8.86. The van der Waals surface area contributed by atoms with Crippen LogP contribution in [0.5, 0.6) is 0 Å². The number of terminal acetylenes is 1. The molecule has 0 aliphatic heterocycles. The van der Waals surface area contributed by atoms with Gasteiger partial charge in [-0.2, -0.15) is 5.26 Å². The Morgan fingerprint density at radius 2 is 2.29 bits per heavy atom. The summed E-state index contributed by atoms with van der Waals surface area (Å²) in [5.41, 5.74) is 2.35. The average Bonchev–Trinajstić information content (AvgIpc) is 2.14. The van der Waals surface area contributed by atoms with Crippen LogP contribution < -0.4 is 5.32 Å². The molecule has 1 aromatic heterocycles. The Morgan fingerprint density at radius 1 is 1.57 bits per heavy atom. The van der Waals surface area contributed by atoms with Crippen molar-refractivity contribution in [1.82, 2.24) is 4.98 Å². The maximum atomic E-state index is 8.91. The fraction of sp³-hybridized carbons (Fsp3) is 0.273. The SMILES string of the molecule is C#CCNc1nc(C)cc(C)c1C#N. The molecular formula is C11H11N3. The highest BCUT2D eigenvalue weighted by Gasteiger charge is 2.06. The summed E-state index contributed by atoms with van der Waals surface area (Å²) >= 11 is 0. The zero-order chi connectivity index (χ0) is 10.6. The molecule has 3 heteroatoms. The van der Waals surface area contributed by atoms with Gasteiger partial charge in [-0.15, -0.1) is 6.42 Å². The summed E-state index contributed by atoms with van der Waals surface area (Å²) < 4.78 is 0. The third-order valence-corrected chi connectivity index (χ3v) is 1.81. The third kappa shape index (κ3) is 2.02. The number of pyridine rings is 1. The number of anilines is 1. The lowest BCUT2D eigenvalue weighted by molar-refractivity contribution is 1.14. The smallest absolute Gasteiger partial charge is 0.145 e. The van der Waals surface area contributed by atoms with Gasteiger partial charge in [-0.1, -0.05) is 5.92 Å². The Balaban J connectivity index is 3.14. The molecule has 0 bridgehead atoms. The van der Waals surface area contributed by atoms with Crippen molar-refractivity contribution >= 4 is 5.82 Å². The summed E-state index contributed by atoms with van der Waals surface area (Å²) in [6.45, 7) is 4.15. The summed E-state index contributed by atoms with van der Waals surface area (Å²) in [5, 5.41) is 11.8. The van der Waals surface area contributed by atoms with E-state index in [-0.39, 0.29) is 0 Å². The van der Waals surface area contributed by atoms with E-state index in [0.29, 0.717) is 17.9 Å². The Bertz CT molecular complexity index is 421. The highest BCUT2D eigenvalue weighted by molar-refractivity contribution is 5.56. The van der Waals surface area contributed by atoms with E-state index in [9.17, 15) is 0 Å². The predicted octanol–water partition coefficient (Wildman–Crippen LogP) is 1.62. The van der Waals surface area contributed by atoms with Gasteiger partial charge in [0.25, 0.3) is 0 Å². The molecule has 0 fully saturated rings. The topological polar surface area (TPSA) is 48.7 Å². The first-order valence-corrected chi connectivity index (χ1v) is 4.24. The Kier molecular flexibility index (Phi) is 3.09. The van der Waals surface area contributed by atoms with Crippen molar-refractivity contribution in [2.24, 2.45) is 0 Å². The van der Waals surface area contributed by atoms with Gasteiger partial charge < -0.3 is 5.32 Å². The molecule has 3 nitrogen and oxygen atoms in total. The lowest BCUT2D eigenvalue weighted by Crippen LogP contribution is -2.05. The number of rotatable bonds is 2. The predicted molar refractivity (Wildman–Crippen MR) is 55.7 cm³/mol. The number of aryl methyl sites for hydroxylation is 2. The second-order valence-corrected chi connectivity index (χ2v) is 2.97. The number of nitriles is 1. The van der Waals surface area contributed by atoms with E-state index < -0.39 is 0 Å². The van der Waals surface area contributed by atoms with Gasteiger partial charge in [0.15, 0.2) is 0 Å². The van der Waals surface area contributed by atoms with E-state index in [0.717, 1.165) is 11.3 Å². The maximum absolute atomic E-state index is 8.91. The van der Waals surface area contributed by atoms with E-state index in [4.69, 9.17) is 11.7 Å². The van der Waals surface area contributed by atoms with Gasteiger partial charge in [0.2, 0.25) is 0 Å². The van der Waals surface area contributed by atoms with Crippen LogP contribution in [0.3, 0.4) is 0 Å². The van der Waals surface area contributed by atoms with Crippen LogP contribution in [0.25, 0.3) is 0 Å². The van der Waals surface area contributed by atoms with Gasteiger partial charge in [-0.25, -0.2) is 4.98 Å². The zero-order valence-electron chi connectivity index (χ0n) is 8.26. The Labute approximate surface area is 83.8 Å². The van der Waals surface area contributed by atoms with E-state index in [1.54, 1.807) is 0 Å². The van der Waals surface area contributed by atoms with Crippen LogP contribution in [-0.4, -0.2) is 11.5 Å². The van der Waals surface area contributed by atoms with Gasteiger partial charge in [-0.3, -0.25) is 0 Å². The molecule has 1 rings (SSSR count). The average molecular weight is 185 g/mol. The molecule has 0 saturated carbocycles. The first-order chi connectivity index (χ1) is 6.69. The molecule has 1 heterocycles. The quantitative estimate of drug-likeness (QED) is 0.712. The summed E-state index contributed by atoms with van der Waals surface area (Å²) in [5.74, 6) is 3.02. The molecule has 1 N–H and O–H groups in total. The highest BCUT2D eigenvalue weighted by Crippen LogP contribution is 2.16. The van der Waals surface area contributed by atoms with Gasteiger partial charge in [-0.05, 0) is 25.5 Å². The number of hydrogen-bond acceptors (Lipinski definition) is 3. The molecule has 0 amide bonds. The molecule has 14 heavy (non-hydrogen) atoms. The van der Waals surface area contributed by atoms with Gasteiger partial charge >= 0.3 is 0 Å². The number of nitrogens with one attached hydrogen (secondary N) is 1. The molecule has 0 radical (unpaired) electrons. The molecule has 0 spiro atoms. The van der Waals surface area contributed by atoms with Crippen LogP contribution in [0.2, 0.25) is 0 Å². The summed E-state index contributed by atoms with van der Waals surface area (Å²) in [6, 6.07) is 3.98. The first kappa shape index (κ1) is 10.1. The minimum absolute atomic E-state index is 0.380. The molecule has 0 aliphatic carbocycles. The number of hydrogen-bond donors (Lipinski definition) is 1. The molecule has 0 aromatic carbocycles. The summed E-state index contributed by atoms with van der Waals surface area (Å²) in [7, 11) is 0. The fourth-order valence-corrected chi connectivity index (χ4v) is 1.24. The molecule has 0 atom stereocenters. The monoisotopic (exact) mass is 185 g/mol. The second-order valence-electron chi connectivity index (χ2n) is 2.97. The first-order valence-electron chi connectivity index (χ1n) is 4.24. The van der Waals surface area contributed by atoms with Crippen molar-refractivity contribution in [2.45, 2.75) is 13.8 Å². The van der Waals surface area contributed by atoms with Crippen LogP contribution in [0.4, 0.5) is 5.82 Å². The van der Waals surface area contributed by atoms with Gasteiger partial charge in [0, 0.05) is 5.69 Å². The van der Waals surface area contributed by atoms with Gasteiger partial charge in [0.1, 0.15) is 11.9 Å². The van der Waals surface area contributed by atoms with Crippen molar-refractivity contribution in [2.75, 3.05) is 11.9 Å². The fourth-order valence-electron chi connectivity index (χ4n) is 1.24. The van der Waals surface area contributed by atoms with Crippen LogP contribution in [0.15, 0.2) is 6.07 Å². The largest absolute Gasteiger partial charge is 0.358 e. The van der Waals surface area contributed by atoms with E-state index in [1.807, 2.05) is 19.9 Å². The van der Waals surface area contributed by atoms with Crippen LogP contribution in [0.1, 0.15) is 16.8 Å². The van der Waals surface area contributed by atoms with Crippen molar-refractivity contribution in [3.8, 4) is 18.4 Å². The Morgan fingerprint density at radius 3 is 2.86 bits per heavy atom. The lowest BCUT2D eigenvalue weighted by Gasteiger charge is -2.07. The van der Waals surface area contributed by atoms with Crippen LogP contribution in [-0.2, 0) is 0 Å². The van der Waals surface area contributed by atoms with Crippen molar-refractivity contribution in [1.29, 1.82) is 5.26 Å². The van der Waals surface area contributed by atoms with Crippen molar-refractivity contribution in [3.63, 3.8) is 0 Å². The number of nitrogens with zero attached hydrogens (tertiary/aromatic N) is 2. The van der Waals surface area contributed by atoms with Crippen molar-refractivity contribution < 1.29 is 0 Å². The standard InChI is InChI=1S/C11H11N3/c1-4-5-13-11-10(7-12)8(2)6-9(3)14-11/h1,6H,5H2,2-3H3,(H,13,14). The van der Waals surface area contributed by atoms with E-state index >= 15 is 0 Å². The molecule has 0 saturated heterocycles. The van der Waals surface area contributed by atoms with Crippen molar-refractivity contribution in [3.05, 3.63) is 22.9 Å². The molecule has 1 aromatic rings. The second kappa shape index (κ2) is 4.30. The number of aromatic nitrogens is 1. The maximum Gasteiger partial charge on any atom is 0.145 e. The minimum atomic E-state index is 0.380. The molecule has 70 valence electrons. The summed E-state index contributed by atoms with van der Waals surface area (Å²) in [6.07, 6.45) is 5.12. The van der Waals surface area contributed by atoms with Crippen LogP contribution in [0, 0.1) is 37.5 Å². The van der Waals surface area contributed by atoms with Gasteiger partial charge in [0.05, 0.1) is 12.1 Å². The van der Waals surface area contributed by atoms with E-state index in [1.165, 1.54) is 0 Å². The summed E-state index contributed by atoms with van der Waals surface area (Å²) in [4.78, 5) is 4.21. The van der Waals surface area contributed by atoms with Crippen LogP contribution >= 0.6 is 0 Å². The molecule has 0 unspecified atom stereocenters. The lowest BCUT2D eigenvalue weighted by atomic mass is 10.1.